The Morgan fingerprint density at radius 2 is 1.73 bits per heavy atom. The number of rotatable bonds is 4. The molecule has 0 unspecified atom stereocenters. The van der Waals surface area contributed by atoms with E-state index in [0.29, 0.717) is 0 Å². The molecule has 0 aliphatic heterocycles. The van der Waals surface area contributed by atoms with Gasteiger partial charge in [-0.3, -0.25) is 0 Å². The SMILES string of the molecule is CC[SiH](C=CC(C)(C)O)CC. The van der Waals surface area contributed by atoms with Crippen LogP contribution in [0.1, 0.15) is 27.7 Å². The summed E-state index contributed by atoms with van der Waals surface area (Å²) in [4.78, 5) is 0. The van der Waals surface area contributed by atoms with Crippen molar-refractivity contribution in [2.75, 3.05) is 0 Å². The van der Waals surface area contributed by atoms with Crippen molar-refractivity contribution in [3.05, 3.63) is 11.8 Å². The molecule has 0 aliphatic rings. The summed E-state index contributed by atoms with van der Waals surface area (Å²) in [5.74, 6) is 0. The molecule has 0 bridgehead atoms. The van der Waals surface area contributed by atoms with E-state index in [0.717, 1.165) is 0 Å². The van der Waals surface area contributed by atoms with Crippen LogP contribution in [0, 0.1) is 0 Å². The van der Waals surface area contributed by atoms with Crippen molar-refractivity contribution in [2.45, 2.75) is 45.4 Å². The molecule has 0 radical (unpaired) electrons. The van der Waals surface area contributed by atoms with Crippen LogP contribution in [0.25, 0.3) is 0 Å². The van der Waals surface area contributed by atoms with Gasteiger partial charge in [0.2, 0.25) is 0 Å². The Bertz CT molecular complexity index is 120. The van der Waals surface area contributed by atoms with Gasteiger partial charge in [0.05, 0.1) is 14.4 Å². The smallest absolute Gasteiger partial charge is 0.0767 e. The largest absolute Gasteiger partial charge is 0.386 e. The standard InChI is InChI=1S/C9H20OSi/c1-5-11(6-2)8-7-9(3,4)10/h7-8,10-11H,5-6H2,1-4H3. The van der Waals surface area contributed by atoms with Crippen LogP contribution in [0.4, 0.5) is 0 Å². The molecule has 0 saturated carbocycles. The van der Waals surface area contributed by atoms with Gasteiger partial charge < -0.3 is 5.11 Å². The predicted molar refractivity (Wildman–Crippen MR) is 53.5 cm³/mol. The zero-order valence-electron chi connectivity index (χ0n) is 8.09. The number of hydrogen-bond acceptors (Lipinski definition) is 1. The fourth-order valence-corrected chi connectivity index (χ4v) is 2.80. The summed E-state index contributed by atoms with van der Waals surface area (Å²) < 4.78 is 0. The minimum absolute atomic E-state index is 0.615. The molecule has 0 saturated heterocycles. The maximum Gasteiger partial charge on any atom is 0.0767 e. The third-order valence-electron chi connectivity index (χ3n) is 1.83. The zero-order valence-corrected chi connectivity index (χ0v) is 9.25. The normalized spacial score (nSPS) is 13.3. The van der Waals surface area contributed by atoms with Crippen molar-refractivity contribution in [1.82, 2.24) is 0 Å². The van der Waals surface area contributed by atoms with E-state index in [1.54, 1.807) is 0 Å². The lowest BCUT2D eigenvalue weighted by Gasteiger charge is -2.12. The van der Waals surface area contributed by atoms with Crippen molar-refractivity contribution >= 4 is 8.80 Å². The first-order chi connectivity index (χ1) is 4.99. The average Bonchev–Trinajstić information content (AvgIpc) is 1.88. The molecule has 0 rings (SSSR count). The topological polar surface area (TPSA) is 20.2 Å². The first-order valence-corrected chi connectivity index (χ1v) is 6.71. The average molecular weight is 172 g/mol. The fourth-order valence-electron chi connectivity index (χ4n) is 0.932. The molecule has 0 heterocycles. The highest BCUT2D eigenvalue weighted by molar-refractivity contribution is 6.64. The quantitative estimate of drug-likeness (QED) is 0.644. The summed E-state index contributed by atoms with van der Waals surface area (Å²) in [5, 5.41) is 9.39. The molecule has 1 nitrogen and oxygen atoms in total. The van der Waals surface area contributed by atoms with E-state index in [1.165, 1.54) is 12.1 Å². The Morgan fingerprint density at radius 3 is 2.00 bits per heavy atom. The van der Waals surface area contributed by atoms with Crippen LogP contribution in [0.3, 0.4) is 0 Å². The Labute approximate surface area is 71.7 Å². The summed E-state index contributed by atoms with van der Waals surface area (Å²) in [6.07, 6.45) is 1.94. The van der Waals surface area contributed by atoms with E-state index in [-0.39, 0.29) is 0 Å². The van der Waals surface area contributed by atoms with Crippen LogP contribution in [0.15, 0.2) is 11.8 Å². The van der Waals surface area contributed by atoms with Crippen molar-refractivity contribution in [1.29, 1.82) is 0 Å². The molecule has 0 aromatic carbocycles. The molecule has 0 aliphatic carbocycles. The van der Waals surface area contributed by atoms with Gasteiger partial charge in [-0.1, -0.05) is 37.7 Å². The second-order valence-electron chi connectivity index (χ2n) is 3.59. The molecule has 1 N–H and O–H groups in total. The Hall–Kier alpha value is -0.0831. The van der Waals surface area contributed by atoms with E-state index in [4.69, 9.17) is 0 Å². The minimum Gasteiger partial charge on any atom is -0.386 e. The van der Waals surface area contributed by atoms with E-state index in [9.17, 15) is 5.11 Å². The molecule has 0 fully saturated rings. The highest BCUT2D eigenvalue weighted by atomic mass is 28.3. The van der Waals surface area contributed by atoms with Gasteiger partial charge in [0, 0.05) is 0 Å². The lowest BCUT2D eigenvalue weighted by molar-refractivity contribution is 0.133. The highest BCUT2D eigenvalue weighted by Crippen LogP contribution is 2.06. The lowest BCUT2D eigenvalue weighted by Crippen LogP contribution is -2.16. The van der Waals surface area contributed by atoms with Gasteiger partial charge in [-0.2, -0.15) is 0 Å². The van der Waals surface area contributed by atoms with Crippen molar-refractivity contribution in [3.63, 3.8) is 0 Å². The number of aliphatic hydroxyl groups is 1. The van der Waals surface area contributed by atoms with Crippen LogP contribution in [0.2, 0.25) is 12.1 Å². The maximum atomic E-state index is 9.39. The molecule has 66 valence electrons. The van der Waals surface area contributed by atoms with Crippen LogP contribution in [-0.2, 0) is 0 Å². The summed E-state index contributed by atoms with van der Waals surface area (Å²) in [6.45, 7) is 8.10. The maximum absolute atomic E-state index is 9.39. The Morgan fingerprint density at radius 1 is 1.27 bits per heavy atom. The molecule has 0 atom stereocenters. The van der Waals surface area contributed by atoms with Crippen LogP contribution >= 0.6 is 0 Å². The lowest BCUT2D eigenvalue weighted by atomic mass is 10.1. The minimum atomic E-state index is -0.632. The van der Waals surface area contributed by atoms with Gasteiger partial charge in [0.1, 0.15) is 0 Å². The molecule has 11 heavy (non-hydrogen) atoms. The fraction of sp³-hybridized carbons (Fsp3) is 0.778. The van der Waals surface area contributed by atoms with Gasteiger partial charge in [0.15, 0.2) is 0 Å². The molecule has 0 aromatic rings. The van der Waals surface area contributed by atoms with Crippen LogP contribution < -0.4 is 0 Å². The van der Waals surface area contributed by atoms with E-state index in [1.807, 2.05) is 19.9 Å². The summed E-state index contributed by atoms with van der Waals surface area (Å²) in [6, 6.07) is 2.59. The van der Waals surface area contributed by atoms with Crippen molar-refractivity contribution in [2.24, 2.45) is 0 Å². The summed E-state index contributed by atoms with van der Waals surface area (Å²) in [7, 11) is -0.632. The third-order valence-corrected chi connectivity index (χ3v) is 4.66. The van der Waals surface area contributed by atoms with Crippen molar-refractivity contribution < 1.29 is 5.11 Å². The molecular weight excluding hydrogens is 152 g/mol. The Kier molecular flexibility index (Phi) is 4.69. The molecule has 0 spiro atoms. The molecule has 0 amide bonds. The summed E-state index contributed by atoms with van der Waals surface area (Å²) in [5.41, 5.74) is 1.63. The van der Waals surface area contributed by atoms with Gasteiger partial charge in [-0.25, -0.2) is 0 Å². The molecular formula is C9H20OSi. The first kappa shape index (κ1) is 10.9. The van der Waals surface area contributed by atoms with Gasteiger partial charge in [-0.05, 0) is 13.8 Å². The van der Waals surface area contributed by atoms with Crippen molar-refractivity contribution in [3.8, 4) is 0 Å². The van der Waals surface area contributed by atoms with Gasteiger partial charge in [0.25, 0.3) is 0 Å². The van der Waals surface area contributed by atoms with Gasteiger partial charge in [-0.15, -0.1) is 0 Å². The van der Waals surface area contributed by atoms with E-state index < -0.39 is 14.4 Å². The Balaban J connectivity index is 3.89. The number of hydrogen-bond donors (Lipinski definition) is 1. The second kappa shape index (κ2) is 4.73. The van der Waals surface area contributed by atoms with E-state index >= 15 is 0 Å². The summed E-state index contributed by atoms with van der Waals surface area (Å²) >= 11 is 0. The zero-order chi connectivity index (χ0) is 8.91. The second-order valence-corrected chi connectivity index (χ2v) is 7.13. The van der Waals surface area contributed by atoms with E-state index in [2.05, 4.69) is 19.5 Å². The first-order valence-electron chi connectivity index (χ1n) is 4.41. The predicted octanol–water partition coefficient (Wildman–Crippen LogP) is 2.12. The van der Waals surface area contributed by atoms with Crippen LogP contribution in [0.5, 0.6) is 0 Å². The molecule has 2 heteroatoms. The molecule has 0 aromatic heterocycles. The van der Waals surface area contributed by atoms with Crippen LogP contribution in [-0.4, -0.2) is 19.5 Å². The third kappa shape index (κ3) is 6.32. The van der Waals surface area contributed by atoms with Gasteiger partial charge >= 0.3 is 0 Å². The highest BCUT2D eigenvalue weighted by Gasteiger charge is 2.07. The monoisotopic (exact) mass is 172 g/mol.